The van der Waals surface area contributed by atoms with E-state index in [-0.39, 0.29) is 5.97 Å². The van der Waals surface area contributed by atoms with Gasteiger partial charge in [0.25, 0.3) is 0 Å². The van der Waals surface area contributed by atoms with Crippen LogP contribution in [0.4, 0.5) is 0 Å². The molecule has 2 heterocycles. The zero-order chi connectivity index (χ0) is 16.2. The van der Waals surface area contributed by atoms with E-state index in [2.05, 4.69) is 16.5 Å². The molecule has 0 atom stereocenters. The molecule has 5 nitrogen and oxygen atoms in total. The zero-order valence-corrected chi connectivity index (χ0v) is 13.0. The Balaban J connectivity index is 1.64. The number of rotatable bonds is 6. The van der Waals surface area contributed by atoms with E-state index in [1.165, 1.54) is 0 Å². The zero-order valence-electron chi connectivity index (χ0n) is 13.0. The van der Waals surface area contributed by atoms with E-state index in [9.17, 15) is 4.79 Å². The molecule has 0 aliphatic carbocycles. The van der Waals surface area contributed by atoms with Gasteiger partial charge in [0, 0.05) is 17.6 Å². The van der Waals surface area contributed by atoms with Crippen LogP contribution in [0.1, 0.15) is 19.2 Å². The average molecular weight is 310 g/mol. The van der Waals surface area contributed by atoms with Crippen molar-refractivity contribution in [2.45, 2.75) is 19.8 Å². The van der Waals surface area contributed by atoms with E-state index in [0.29, 0.717) is 25.0 Å². The number of benzene rings is 1. The molecule has 5 heteroatoms. The lowest BCUT2D eigenvalue weighted by molar-refractivity contribution is -0.139. The second-order valence-corrected chi connectivity index (χ2v) is 5.41. The van der Waals surface area contributed by atoms with Crippen LogP contribution in [0.15, 0.2) is 53.2 Å². The number of aromatic nitrogens is 2. The molecule has 2 aromatic heterocycles. The van der Waals surface area contributed by atoms with Crippen LogP contribution in [0.5, 0.6) is 0 Å². The van der Waals surface area contributed by atoms with Crippen molar-refractivity contribution in [1.82, 2.24) is 9.97 Å². The minimum absolute atomic E-state index is 0.349. The summed E-state index contributed by atoms with van der Waals surface area (Å²) in [7, 11) is 0. The molecule has 3 rings (SSSR count). The largest absolute Gasteiger partial charge is 0.464 e. The molecule has 1 aromatic carbocycles. The number of aromatic amines is 1. The molecule has 0 bridgehead atoms. The molecule has 0 amide bonds. The molecule has 0 fully saturated rings. The highest BCUT2D eigenvalue weighted by Gasteiger charge is 2.07. The smallest absolute Gasteiger partial charge is 0.333 e. The number of ether oxygens (including phenoxy) is 1. The average Bonchev–Trinajstić information content (AvgIpc) is 3.19. The van der Waals surface area contributed by atoms with Gasteiger partial charge in [0.1, 0.15) is 11.6 Å². The maximum Gasteiger partial charge on any atom is 0.333 e. The fraction of sp³-hybridized carbons (Fsp3) is 0.222. The summed E-state index contributed by atoms with van der Waals surface area (Å²) in [5.41, 5.74) is 3.30. The fourth-order valence-corrected chi connectivity index (χ4v) is 2.30. The molecular formula is C18H18N2O3. The lowest BCUT2D eigenvalue weighted by atomic mass is 10.1. The Morgan fingerprint density at radius 3 is 3.00 bits per heavy atom. The molecule has 0 unspecified atom stereocenters. The molecule has 0 aliphatic heterocycles. The third-order valence-electron chi connectivity index (χ3n) is 3.48. The highest BCUT2D eigenvalue weighted by molar-refractivity contribution is 5.86. The van der Waals surface area contributed by atoms with Crippen molar-refractivity contribution in [3.63, 3.8) is 0 Å². The number of fused-ring (bicyclic) bond motifs is 1. The van der Waals surface area contributed by atoms with Gasteiger partial charge in [0.2, 0.25) is 0 Å². The van der Waals surface area contributed by atoms with Gasteiger partial charge in [-0.3, -0.25) is 0 Å². The highest BCUT2D eigenvalue weighted by Crippen LogP contribution is 2.23. The van der Waals surface area contributed by atoms with Crippen LogP contribution in [0.2, 0.25) is 0 Å². The van der Waals surface area contributed by atoms with Crippen molar-refractivity contribution in [1.29, 1.82) is 0 Å². The van der Waals surface area contributed by atoms with Crippen LogP contribution in [-0.2, 0) is 16.0 Å². The van der Waals surface area contributed by atoms with E-state index in [4.69, 9.17) is 9.15 Å². The summed E-state index contributed by atoms with van der Waals surface area (Å²) in [4.78, 5) is 19.1. The number of aryl methyl sites for hydroxylation is 1. The maximum atomic E-state index is 11.3. The summed E-state index contributed by atoms with van der Waals surface area (Å²) in [6.07, 6.45) is 3.09. The van der Waals surface area contributed by atoms with Gasteiger partial charge >= 0.3 is 5.97 Å². The molecule has 0 saturated heterocycles. The minimum atomic E-state index is -0.349. The van der Waals surface area contributed by atoms with E-state index in [1.54, 1.807) is 13.2 Å². The predicted molar refractivity (Wildman–Crippen MR) is 87.9 cm³/mol. The van der Waals surface area contributed by atoms with Gasteiger partial charge in [-0.25, -0.2) is 9.78 Å². The van der Waals surface area contributed by atoms with Crippen molar-refractivity contribution in [3.05, 3.63) is 54.6 Å². The SMILES string of the molecule is C=C(C)C(=O)OCCCc1nc2ccc(-c3ccco3)cc2[nH]1. The second-order valence-electron chi connectivity index (χ2n) is 5.41. The number of hydrogen-bond acceptors (Lipinski definition) is 4. The lowest BCUT2D eigenvalue weighted by Gasteiger charge is -2.02. The number of hydrogen-bond donors (Lipinski definition) is 1. The molecule has 0 aliphatic rings. The Morgan fingerprint density at radius 2 is 2.26 bits per heavy atom. The van der Waals surface area contributed by atoms with Gasteiger partial charge < -0.3 is 14.1 Å². The third-order valence-corrected chi connectivity index (χ3v) is 3.48. The maximum absolute atomic E-state index is 11.3. The normalized spacial score (nSPS) is 10.8. The summed E-state index contributed by atoms with van der Waals surface area (Å²) in [6, 6.07) is 9.76. The van der Waals surface area contributed by atoms with Crippen molar-refractivity contribution in [2.24, 2.45) is 0 Å². The van der Waals surface area contributed by atoms with Crippen LogP contribution in [0.25, 0.3) is 22.4 Å². The van der Waals surface area contributed by atoms with Crippen LogP contribution in [-0.4, -0.2) is 22.5 Å². The predicted octanol–water partition coefficient (Wildman–Crippen LogP) is 3.87. The molecule has 118 valence electrons. The van der Waals surface area contributed by atoms with Crippen LogP contribution < -0.4 is 0 Å². The first kappa shape index (κ1) is 15.1. The number of esters is 1. The van der Waals surface area contributed by atoms with Crippen molar-refractivity contribution in [2.75, 3.05) is 6.61 Å². The molecular weight excluding hydrogens is 292 g/mol. The van der Waals surface area contributed by atoms with Gasteiger partial charge in [0.05, 0.1) is 23.9 Å². The molecule has 3 aromatic rings. The number of carbonyl (C=O) groups excluding carboxylic acids is 1. The number of nitrogens with zero attached hydrogens (tertiary/aromatic N) is 1. The third kappa shape index (κ3) is 3.51. The molecule has 0 radical (unpaired) electrons. The first-order valence-corrected chi connectivity index (χ1v) is 7.48. The van der Waals surface area contributed by atoms with Crippen molar-refractivity contribution in [3.8, 4) is 11.3 Å². The van der Waals surface area contributed by atoms with E-state index < -0.39 is 0 Å². The van der Waals surface area contributed by atoms with E-state index in [1.807, 2.05) is 30.3 Å². The van der Waals surface area contributed by atoms with E-state index in [0.717, 1.165) is 28.2 Å². The van der Waals surface area contributed by atoms with Gasteiger partial charge in [-0.05, 0) is 43.7 Å². The summed E-state index contributed by atoms with van der Waals surface area (Å²) in [6.45, 7) is 5.55. The van der Waals surface area contributed by atoms with Crippen molar-refractivity contribution >= 4 is 17.0 Å². The van der Waals surface area contributed by atoms with Gasteiger partial charge in [-0.1, -0.05) is 6.58 Å². The Labute approximate surface area is 134 Å². The summed E-state index contributed by atoms with van der Waals surface area (Å²) in [5.74, 6) is 1.36. The number of furan rings is 1. The Bertz CT molecular complexity index is 831. The minimum Gasteiger partial charge on any atom is -0.464 e. The van der Waals surface area contributed by atoms with Crippen molar-refractivity contribution < 1.29 is 13.9 Å². The Morgan fingerprint density at radius 1 is 1.39 bits per heavy atom. The summed E-state index contributed by atoms with van der Waals surface area (Å²) >= 11 is 0. The standard InChI is InChI=1S/C18H18N2O3/c1-12(2)18(21)23-10-4-6-17-19-14-8-7-13(11-15(14)20-17)16-5-3-9-22-16/h3,5,7-9,11H,1,4,6,10H2,2H3,(H,19,20). The highest BCUT2D eigenvalue weighted by atomic mass is 16.5. The Kier molecular flexibility index (Phi) is 4.28. The number of imidazole rings is 1. The monoisotopic (exact) mass is 310 g/mol. The van der Waals surface area contributed by atoms with Gasteiger partial charge in [0.15, 0.2) is 0 Å². The topological polar surface area (TPSA) is 68.1 Å². The van der Waals surface area contributed by atoms with Gasteiger partial charge in [-0.15, -0.1) is 0 Å². The Hall–Kier alpha value is -2.82. The molecule has 1 N–H and O–H groups in total. The molecule has 0 saturated carbocycles. The van der Waals surface area contributed by atoms with Crippen LogP contribution >= 0.6 is 0 Å². The van der Waals surface area contributed by atoms with Crippen LogP contribution in [0, 0.1) is 0 Å². The molecule has 0 spiro atoms. The van der Waals surface area contributed by atoms with Crippen LogP contribution in [0.3, 0.4) is 0 Å². The first-order valence-electron chi connectivity index (χ1n) is 7.48. The van der Waals surface area contributed by atoms with E-state index >= 15 is 0 Å². The number of carbonyl (C=O) groups is 1. The second kappa shape index (κ2) is 6.52. The van der Waals surface area contributed by atoms with Gasteiger partial charge in [-0.2, -0.15) is 0 Å². The summed E-state index contributed by atoms with van der Waals surface area (Å²) in [5, 5.41) is 0. The molecule has 23 heavy (non-hydrogen) atoms. The number of nitrogens with one attached hydrogen (secondary N) is 1. The fourth-order valence-electron chi connectivity index (χ4n) is 2.30. The quantitative estimate of drug-likeness (QED) is 0.426. The lowest BCUT2D eigenvalue weighted by Crippen LogP contribution is -2.07. The summed E-state index contributed by atoms with van der Waals surface area (Å²) < 4.78 is 10.5. The first-order chi connectivity index (χ1) is 11.1. The number of H-pyrrole nitrogens is 1.